The Labute approximate surface area is 91.4 Å². The molecule has 2 aromatic heterocycles. The van der Waals surface area contributed by atoms with Gasteiger partial charge in [-0.05, 0) is 24.6 Å². The highest BCUT2D eigenvalue weighted by atomic mass is 35.5. The minimum absolute atomic E-state index is 0.115. The van der Waals surface area contributed by atoms with Gasteiger partial charge in [0, 0.05) is 12.7 Å². The Morgan fingerprint density at radius 2 is 2.47 bits per heavy atom. The summed E-state index contributed by atoms with van der Waals surface area (Å²) in [7, 11) is 0. The van der Waals surface area contributed by atoms with E-state index in [0.29, 0.717) is 11.1 Å². The van der Waals surface area contributed by atoms with E-state index in [1.807, 2.05) is 6.92 Å². The summed E-state index contributed by atoms with van der Waals surface area (Å²) in [6, 6.07) is 1.55. The molecule has 0 radical (unpaired) electrons. The monoisotopic (exact) mass is 224 g/mol. The van der Waals surface area contributed by atoms with Crippen LogP contribution in [0.15, 0.2) is 29.1 Å². The molecule has 2 heterocycles. The van der Waals surface area contributed by atoms with Crippen LogP contribution in [0, 0.1) is 0 Å². The summed E-state index contributed by atoms with van der Waals surface area (Å²) in [5.74, 6) is -0.173. The molecule has 0 N–H and O–H groups in total. The van der Waals surface area contributed by atoms with Gasteiger partial charge in [0.1, 0.15) is 0 Å². The Balaban J connectivity index is 2.32. The van der Waals surface area contributed by atoms with E-state index in [2.05, 4.69) is 5.10 Å². The van der Waals surface area contributed by atoms with E-state index >= 15 is 0 Å². The molecule has 0 aromatic carbocycles. The van der Waals surface area contributed by atoms with Gasteiger partial charge in [-0.15, -0.1) is 0 Å². The van der Waals surface area contributed by atoms with Crippen molar-refractivity contribution in [3.8, 4) is 0 Å². The lowest BCUT2D eigenvalue weighted by Crippen LogP contribution is -1.99. The third-order valence-corrected chi connectivity index (χ3v) is 2.37. The highest BCUT2D eigenvalue weighted by Crippen LogP contribution is 2.20. The fourth-order valence-electron chi connectivity index (χ4n) is 1.27. The Bertz CT molecular complexity index is 487. The van der Waals surface area contributed by atoms with Crippen molar-refractivity contribution in [1.29, 1.82) is 0 Å². The number of rotatable bonds is 3. The summed E-state index contributed by atoms with van der Waals surface area (Å²) in [5.41, 5.74) is 0.882. The zero-order valence-corrected chi connectivity index (χ0v) is 8.86. The molecule has 0 fully saturated rings. The van der Waals surface area contributed by atoms with Crippen LogP contribution in [0.2, 0.25) is 5.22 Å². The maximum Gasteiger partial charge on any atom is 0.204 e. The fourth-order valence-corrected chi connectivity index (χ4v) is 1.47. The van der Waals surface area contributed by atoms with E-state index in [9.17, 15) is 4.79 Å². The van der Waals surface area contributed by atoms with Gasteiger partial charge in [-0.25, -0.2) is 0 Å². The molecular formula is C10H9ClN2O2. The standard InChI is InChI=1S/C10H9ClN2O2/c1-2-13-6-7(5-12-13)9(14)8-3-4-15-10(8)11/h3-6H,2H2,1H3. The largest absolute Gasteiger partial charge is 0.452 e. The Hall–Kier alpha value is -1.55. The van der Waals surface area contributed by atoms with Gasteiger partial charge in [0.2, 0.25) is 11.0 Å². The molecule has 0 spiro atoms. The molecule has 15 heavy (non-hydrogen) atoms. The summed E-state index contributed by atoms with van der Waals surface area (Å²) < 4.78 is 6.54. The molecule has 0 atom stereocenters. The molecule has 5 heteroatoms. The van der Waals surface area contributed by atoms with Crippen molar-refractivity contribution in [3.05, 3.63) is 41.1 Å². The summed E-state index contributed by atoms with van der Waals surface area (Å²) in [6.45, 7) is 2.68. The molecule has 2 aromatic rings. The highest BCUT2D eigenvalue weighted by molar-refractivity contribution is 6.33. The summed E-state index contributed by atoms with van der Waals surface area (Å²) in [6.07, 6.45) is 4.60. The van der Waals surface area contributed by atoms with Crippen molar-refractivity contribution in [1.82, 2.24) is 9.78 Å². The smallest absolute Gasteiger partial charge is 0.204 e. The van der Waals surface area contributed by atoms with Gasteiger partial charge >= 0.3 is 0 Å². The van der Waals surface area contributed by atoms with Crippen molar-refractivity contribution < 1.29 is 9.21 Å². The normalized spacial score (nSPS) is 10.5. The minimum Gasteiger partial charge on any atom is -0.452 e. The summed E-state index contributed by atoms with van der Waals surface area (Å²) in [5, 5.41) is 4.13. The Kier molecular flexibility index (Phi) is 2.60. The molecule has 0 aliphatic carbocycles. The predicted molar refractivity (Wildman–Crippen MR) is 55.1 cm³/mol. The van der Waals surface area contributed by atoms with Gasteiger partial charge in [-0.2, -0.15) is 5.10 Å². The van der Waals surface area contributed by atoms with Crippen LogP contribution < -0.4 is 0 Å². The second-order valence-corrected chi connectivity index (χ2v) is 3.37. The molecule has 0 aliphatic heterocycles. The number of hydrogen-bond donors (Lipinski definition) is 0. The van der Waals surface area contributed by atoms with Crippen LogP contribution in [0.25, 0.3) is 0 Å². The maximum absolute atomic E-state index is 11.9. The average Bonchev–Trinajstić information content (AvgIpc) is 2.84. The number of ketones is 1. The summed E-state index contributed by atoms with van der Waals surface area (Å²) >= 11 is 5.71. The maximum atomic E-state index is 11.9. The van der Waals surface area contributed by atoms with Gasteiger partial charge in [-0.3, -0.25) is 9.48 Å². The van der Waals surface area contributed by atoms with E-state index in [1.54, 1.807) is 16.9 Å². The molecular weight excluding hydrogens is 216 g/mol. The second-order valence-electron chi connectivity index (χ2n) is 3.02. The predicted octanol–water partition coefficient (Wildman–Crippen LogP) is 2.38. The van der Waals surface area contributed by atoms with Crippen LogP contribution in [0.4, 0.5) is 0 Å². The number of furan rings is 1. The van der Waals surface area contributed by atoms with E-state index in [-0.39, 0.29) is 11.0 Å². The van der Waals surface area contributed by atoms with Crippen LogP contribution in [0.5, 0.6) is 0 Å². The molecule has 0 bridgehead atoms. The first-order valence-corrected chi connectivity index (χ1v) is 4.90. The third kappa shape index (κ3) is 1.80. The quantitative estimate of drug-likeness (QED) is 0.752. The zero-order valence-electron chi connectivity index (χ0n) is 8.11. The first-order valence-electron chi connectivity index (χ1n) is 4.52. The van der Waals surface area contributed by atoms with Crippen molar-refractivity contribution >= 4 is 17.4 Å². The lowest BCUT2D eigenvalue weighted by molar-refractivity contribution is 0.103. The number of carbonyl (C=O) groups is 1. The molecule has 78 valence electrons. The number of aryl methyl sites for hydroxylation is 1. The van der Waals surface area contributed by atoms with Gasteiger partial charge in [0.15, 0.2) is 0 Å². The summed E-state index contributed by atoms with van der Waals surface area (Å²) in [4.78, 5) is 11.9. The van der Waals surface area contributed by atoms with Gasteiger partial charge in [-0.1, -0.05) is 0 Å². The van der Waals surface area contributed by atoms with Gasteiger partial charge in [0.25, 0.3) is 0 Å². The lowest BCUT2D eigenvalue weighted by Gasteiger charge is -1.93. The van der Waals surface area contributed by atoms with Crippen LogP contribution in [0.3, 0.4) is 0 Å². The van der Waals surface area contributed by atoms with Gasteiger partial charge < -0.3 is 4.42 Å². The molecule has 0 amide bonds. The SMILES string of the molecule is CCn1cc(C(=O)c2ccoc2Cl)cn1. The second kappa shape index (κ2) is 3.90. The molecule has 2 rings (SSSR count). The molecule has 0 unspecified atom stereocenters. The first-order chi connectivity index (χ1) is 7.22. The molecule has 0 saturated carbocycles. The fraction of sp³-hybridized carbons (Fsp3) is 0.200. The van der Waals surface area contributed by atoms with Crippen molar-refractivity contribution in [2.75, 3.05) is 0 Å². The van der Waals surface area contributed by atoms with E-state index in [4.69, 9.17) is 16.0 Å². The van der Waals surface area contributed by atoms with Gasteiger partial charge in [0.05, 0.1) is 23.6 Å². The molecule has 4 nitrogen and oxygen atoms in total. The van der Waals surface area contributed by atoms with Crippen LogP contribution in [-0.4, -0.2) is 15.6 Å². The van der Waals surface area contributed by atoms with Crippen LogP contribution in [-0.2, 0) is 6.54 Å². The Morgan fingerprint density at radius 3 is 3.00 bits per heavy atom. The molecule has 0 saturated heterocycles. The van der Waals surface area contributed by atoms with Crippen LogP contribution >= 0.6 is 11.6 Å². The highest BCUT2D eigenvalue weighted by Gasteiger charge is 2.16. The van der Waals surface area contributed by atoms with E-state index in [0.717, 1.165) is 6.54 Å². The Morgan fingerprint density at radius 1 is 1.67 bits per heavy atom. The number of nitrogens with zero attached hydrogens (tertiary/aromatic N) is 2. The zero-order chi connectivity index (χ0) is 10.8. The number of hydrogen-bond acceptors (Lipinski definition) is 3. The third-order valence-electron chi connectivity index (χ3n) is 2.08. The lowest BCUT2D eigenvalue weighted by atomic mass is 10.1. The minimum atomic E-state index is -0.173. The topological polar surface area (TPSA) is 48.0 Å². The molecule has 0 aliphatic rings. The number of halogens is 1. The van der Waals surface area contributed by atoms with Crippen molar-refractivity contribution in [2.45, 2.75) is 13.5 Å². The van der Waals surface area contributed by atoms with E-state index in [1.165, 1.54) is 12.5 Å². The van der Waals surface area contributed by atoms with Crippen molar-refractivity contribution in [3.63, 3.8) is 0 Å². The first kappa shape index (κ1) is 9.98. The van der Waals surface area contributed by atoms with E-state index < -0.39 is 0 Å². The average molecular weight is 225 g/mol. The van der Waals surface area contributed by atoms with Crippen LogP contribution in [0.1, 0.15) is 22.8 Å². The number of carbonyl (C=O) groups excluding carboxylic acids is 1. The number of aromatic nitrogens is 2. The van der Waals surface area contributed by atoms with Crippen molar-refractivity contribution in [2.24, 2.45) is 0 Å².